The Morgan fingerprint density at radius 2 is 1.16 bits per heavy atom. The van der Waals surface area contributed by atoms with E-state index in [9.17, 15) is 19.2 Å². The van der Waals surface area contributed by atoms with Crippen molar-refractivity contribution in [3.63, 3.8) is 0 Å². The van der Waals surface area contributed by atoms with Crippen molar-refractivity contribution in [2.45, 2.75) is 38.9 Å². The molecule has 2 aliphatic rings. The lowest BCUT2D eigenvalue weighted by atomic mass is 9.86. The fourth-order valence-corrected chi connectivity index (χ4v) is 3.24. The number of hydrogen-bond acceptors (Lipinski definition) is 9. The molecule has 0 saturated carbocycles. The van der Waals surface area contributed by atoms with E-state index in [1.807, 2.05) is 13.8 Å². The van der Waals surface area contributed by atoms with E-state index in [4.69, 9.17) is 23.7 Å². The quantitative estimate of drug-likeness (QED) is 0.289. The minimum Gasteiger partial charge on any atom is -0.466 e. The van der Waals surface area contributed by atoms with Crippen LogP contribution in [0.5, 0.6) is 0 Å². The minimum atomic E-state index is -0.983. The highest BCUT2D eigenvalue weighted by atomic mass is 16.6. The van der Waals surface area contributed by atoms with Crippen molar-refractivity contribution in [2.75, 3.05) is 40.5 Å². The monoisotopic (exact) mass is 440 g/mol. The molecule has 0 aliphatic carbocycles. The van der Waals surface area contributed by atoms with Gasteiger partial charge < -0.3 is 34.3 Å². The second-order valence-electron chi connectivity index (χ2n) is 6.76. The van der Waals surface area contributed by atoms with Gasteiger partial charge in [0.1, 0.15) is 25.4 Å². The number of hydrogen-bond donors (Lipinski definition) is 2. The highest BCUT2D eigenvalue weighted by Gasteiger charge is 2.52. The van der Waals surface area contributed by atoms with Crippen molar-refractivity contribution in [1.82, 2.24) is 10.6 Å². The van der Waals surface area contributed by atoms with Gasteiger partial charge >= 0.3 is 24.1 Å². The molecule has 2 amide bonds. The van der Waals surface area contributed by atoms with Crippen LogP contribution < -0.4 is 10.6 Å². The summed E-state index contributed by atoms with van der Waals surface area (Å²) < 4.78 is 25.9. The Bertz CT molecular complexity index is 726. The SMILES string of the molecule is CCCNC(=O)OCC1=C(COC(=O)NCCC)[C@H]2O[C@H]1C(C(=O)OC)=C2C(=O)OC. The van der Waals surface area contributed by atoms with Gasteiger partial charge in [0.05, 0.1) is 25.4 Å². The van der Waals surface area contributed by atoms with E-state index in [0.29, 0.717) is 24.2 Å². The molecule has 0 aromatic heterocycles. The van der Waals surface area contributed by atoms with Crippen LogP contribution in [0.1, 0.15) is 26.7 Å². The second-order valence-corrected chi connectivity index (χ2v) is 6.76. The number of amides is 2. The first-order valence-corrected chi connectivity index (χ1v) is 9.98. The van der Waals surface area contributed by atoms with Crippen LogP contribution >= 0.6 is 0 Å². The standard InChI is InChI=1S/C20H28N2O9/c1-5-7-21-19(25)29-9-11-12(10-30-20(26)22-8-6-2)16-14(18(24)28-4)13(15(11)31-16)17(23)27-3/h15-16H,5-10H2,1-4H3,(H,21,25)(H,22,26)/t15-,16-/m1/s1. The minimum absolute atomic E-state index is 0.0221. The third kappa shape index (κ3) is 5.54. The molecule has 11 heteroatoms. The van der Waals surface area contributed by atoms with Gasteiger partial charge in [-0.1, -0.05) is 13.8 Å². The summed E-state index contributed by atoms with van der Waals surface area (Å²) in [6, 6.07) is 0. The lowest BCUT2D eigenvalue weighted by Crippen LogP contribution is -2.32. The Hall–Kier alpha value is -3.08. The molecule has 0 fully saturated rings. The fourth-order valence-electron chi connectivity index (χ4n) is 3.24. The van der Waals surface area contributed by atoms with Crippen molar-refractivity contribution < 1.29 is 42.9 Å². The van der Waals surface area contributed by atoms with Crippen molar-refractivity contribution in [2.24, 2.45) is 0 Å². The molecule has 2 N–H and O–H groups in total. The first kappa shape index (κ1) is 24.2. The van der Waals surface area contributed by atoms with E-state index >= 15 is 0 Å². The predicted octanol–water partition coefficient (Wildman–Crippen LogP) is 0.979. The molecule has 0 spiro atoms. The van der Waals surface area contributed by atoms with Crippen LogP contribution in [0.3, 0.4) is 0 Å². The highest BCUT2D eigenvalue weighted by molar-refractivity contribution is 6.04. The number of esters is 2. The Morgan fingerprint density at radius 1 is 0.774 bits per heavy atom. The van der Waals surface area contributed by atoms with Crippen LogP contribution in [-0.4, -0.2) is 76.9 Å². The maximum Gasteiger partial charge on any atom is 0.407 e. The van der Waals surface area contributed by atoms with Crippen molar-refractivity contribution in [3.8, 4) is 0 Å². The molecule has 2 bridgehead atoms. The summed E-state index contributed by atoms with van der Waals surface area (Å²) in [6.07, 6.45) is -1.79. The van der Waals surface area contributed by atoms with Crippen LogP contribution in [-0.2, 0) is 33.3 Å². The Balaban J connectivity index is 2.28. The normalized spacial score (nSPS) is 19.2. The van der Waals surface area contributed by atoms with E-state index in [1.54, 1.807) is 0 Å². The first-order valence-electron chi connectivity index (χ1n) is 9.98. The molecule has 0 saturated heterocycles. The van der Waals surface area contributed by atoms with E-state index in [0.717, 1.165) is 12.8 Å². The van der Waals surface area contributed by atoms with Gasteiger partial charge in [0, 0.05) is 24.2 Å². The van der Waals surface area contributed by atoms with Gasteiger partial charge in [-0.15, -0.1) is 0 Å². The van der Waals surface area contributed by atoms with Gasteiger partial charge in [0.25, 0.3) is 0 Å². The molecule has 11 nitrogen and oxygen atoms in total. The number of nitrogens with one attached hydrogen (secondary N) is 2. The molecular formula is C20H28N2O9. The number of alkyl carbamates (subject to hydrolysis) is 2. The largest absolute Gasteiger partial charge is 0.466 e. The topological polar surface area (TPSA) is 138 Å². The molecular weight excluding hydrogens is 412 g/mol. The van der Waals surface area contributed by atoms with E-state index in [1.165, 1.54) is 14.2 Å². The summed E-state index contributed by atoms with van der Waals surface area (Å²) in [5, 5.41) is 5.14. The zero-order valence-corrected chi connectivity index (χ0v) is 18.1. The van der Waals surface area contributed by atoms with Crippen molar-refractivity contribution in [1.29, 1.82) is 0 Å². The average molecular weight is 440 g/mol. The molecule has 2 heterocycles. The Morgan fingerprint density at radius 3 is 1.48 bits per heavy atom. The molecule has 0 aromatic rings. The summed E-state index contributed by atoms with van der Waals surface area (Å²) in [7, 11) is 2.35. The predicted molar refractivity (Wildman–Crippen MR) is 106 cm³/mol. The maximum atomic E-state index is 12.3. The number of rotatable bonds is 10. The summed E-state index contributed by atoms with van der Waals surface area (Å²) in [5.74, 6) is -1.53. The molecule has 2 atom stereocenters. The number of methoxy groups -OCH3 is 2. The van der Waals surface area contributed by atoms with Crippen LogP contribution in [0.2, 0.25) is 0 Å². The molecule has 0 aromatic carbocycles. The zero-order chi connectivity index (χ0) is 23.0. The molecule has 2 rings (SSSR count). The third-order valence-corrected chi connectivity index (χ3v) is 4.70. The Kier molecular flexibility index (Phi) is 8.86. The Labute approximate surface area is 180 Å². The van der Waals surface area contributed by atoms with Crippen LogP contribution in [0.25, 0.3) is 0 Å². The highest BCUT2D eigenvalue weighted by Crippen LogP contribution is 2.44. The van der Waals surface area contributed by atoms with E-state index in [-0.39, 0.29) is 24.4 Å². The summed E-state index contributed by atoms with van der Waals surface area (Å²) in [6.45, 7) is 4.23. The molecule has 31 heavy (non-hydrogen) atoms. The van der Waals surface area contributed by atoms with Gasteiger partial charge in [0.15, 0.2) is 0 Å². The third-order valence-electron chi connectivity index (χ3n) is 4.70. The number of carbonyl (C=O) groups excluding carboxylic acids is 4. The van der Waals surface area contributed by atoms with Gasteiger partial charge in [-0.2, -0.15) is 0 Å². The number of ether oxygens (including phenoxy) is 5. The summed E-state index contributed by atoms with van der Waals surface area (Å²) in [5.41, 5.74) is 0.776. The van der Waals surface area contributed by atoms with Crippen molar-refractivity contribution in [3.05, 3.63) is 22.3 Å². The molecule has 0 unspecified atom stereocenters. The smallest absolute Gasteiger partial charge is 0.407 e. The van der Waals surface area contributed by atoms with Gasteiger partial charge in [-0.05, 0) is 12.8 Å². The first-order chi connectivity index (χ1) is 14.9. The number of fused-ring (bicyclic) bond motifs is 2. The van der Waals surface area contributed by atoms with E-state index in [2.05, 4.69) is 10.6 Å². The maximum absolute atomic E-state index is 12.3. The van der Waals surface area contributed by atoms with Gasteiger partial charge in [0.2, 0.25) is 0 Å². The fraction of sp³-hybridized carbons (Fsp3) is 0.600. The van der Waals surface area contributed by atoms with Crippen molar-refractivity contribution >= 4 is 24.1 Å². The number of carbonyl (C=O) groups is 4. The summed E-state index contributed by atoms with van der Waals surface area (Å²) >= 11 is 0. The lowest BCUT2D eigenvalue weighted by molar-refractivity contribution is -0.139. The van der Waals surface area contributed by atoms with Crippen LogP contribution in [0, 0.1) is 0 Å². The average Bonchev–Trinajstić information content (AvgIpc) is 3.33. The van der Waals surface area contributed by atoms with Crippen LogP contribution in [0.15, 0.2) is 22.3 Å². The van der Waals surface area contributed by atoms with Gasteiger partial charge in [-0.3, -0.25) is 0 Å². The molecule has 172 valence electrons. The molecule has 2 aliphatic heterocycles. The lowest BCUT2D eigenvalue weighted by Gasteiger charge is -2.20. The zero-order valence-electron chi connectivity index (χ0n) is 18.1. The summed E-state index contributed by atoms with van der Waals surface area (Å²) in [4.78, 5) is 48.4. The van der Waals surface area contributed by atoms with E-state index < -0.39 is 36.3 Å². The molecule has 0 radical (unpaired) electrons. The second kappa shape index (κ2) is 11.3. The van der Waals surface area contributed by atoms with Gasteiger partial charge in [-0.25, -0.2) is 19.2 Å². The van der Waals surface area contributed by atoms with Crippen LogP contribution in [0.4, 0.5) is 9.59 Å².